The van der Waals surface area contributed by atoms with Crippen LogP contribution in [0, 0.1) is 0 Å². The molecule has 2 aliphatic rings. The molecule has 4 heteroatoms. The van der Waals surface area contributed by atoms with Gasteiger partial charge in [0.05, 0.1) is 7.11 Å². The summed E-state index contributed by atoms with van der Waals surface area (Å²) < 4.78 is 5.34. The second-order valence-electron chi connectivity index (χ2n) is 6.15. The molecule has 2 aliphatic heterocycles. The fraction of sp³-hybridized carbons (Fsp3) is 0.647. The van der Waals surface area contributed by atoms with Crippen molar-refractivity contribution >= 4 is 12.4 Å². The number of halogens is 1. The minimum atomic E-state index is 0. The van der Waals surface area contributed by atoms with E-state index >= 15 is 0 Å². The molecular formula is C17H27ClN2O. The van der Waals surface area contributed by atoms with E-state index in [9.17, 15) is 0 Å². The van der Waals surface area contributed by atoms with Crippen molar-refractivity contribution in [2.45, 2.75) is 51.2 Å². The summed E-state index contributed by atoms with van der Waals surface area (Å²) in [6, 6.07) is 8.01. The van der Waals surface area contributed by atoms with Gasteiger partial charge in [0.1, 0.15) is 5.75 Å². The molecule has 21 heavy (non-hydrogen) atoms. The number of fused-ring (bicyclic) bond motifs is 2. The van der Waals surface area contributed by atoms with Crippen LogP contribution >= 0.6 is 12.4 Å². The quantitative estimate of drug-likeness (QED) is 0.925. The summed E-state index contributed by atoms with van der Waals surface area (Å²) in [5.41, 5.74) is 2.89. The summed E-state index contributed by atoms with van der Waals surface area (Å²) in [7, 11) is 1.74. The van der Waals surface area contributed by atoms with Crippen LogP contribution in [0.1, 0.15) is 37.3 Å². The van der Waals surface area contributed by atoms with Crippen LogP contribution in [0.25, 0.3) is 0 Å². The van der Waals surface area contributed by atoms with Gasteiger partial charge < -0.3 is 10.1 Å². The smallest absolute Gasteiger partial charge is 0.119 e. The van der Waals surface area contributed by atoms with E-state index in [2.05, 4.69) is 35.3 Å². The normalized spacial score (nSPS) is 25.2. The number of ether oxygens (including phenoxy) is 1. The van der Waals surface area contributed by atoms with Gasteiger partial charge in [-0.3, -0.25) is 4.90 Å². The number of rotatable bonds is 4. The summed E-state index contributed by atoms with van der Waals surface area (Å²) in [5.74, 6) is 0.974. The van der Waals surface area contributed by atoms with Crippen LogP contribution in [-0.2, 0) is 13.0 Å². The fourth-order valence-electron chi connectivity index (χ4n) is 3.61. The van der Waals surface area contributed by atoms with Crippen molar-refractivity contribution in [3.05, 3.63) is 29.3 Å². The maximum absolute atomic E-state index is 5.34. The predicted octanol–water partition coefficient (Wildman–Crippen LogP) is 3.01. The van der Waals surface area contributed by atoms with Crippen molar-refractivity contribution in [1.82, 2.24) is 10.2 Å². The number of benzene rings is 1. The maximum atomic E-state index is 5.34. The summed E-state index contributed by atoms with van der Waals surface area (Å²) in [6.45, 7) is 5.73. The third kappa shape index (κ3) is 3.91. The summed E-state index contributed by atoms with van der Waals surface area (Å²) in [5, 5.41) is 3.75. The maximum Gasteiger partial charge on any atom is 0.119 e. The summed E-state index contributed by atoms with van der Waals surface area (Å²) in [6.07, 6.45) is 5.10. The first-order valence-corrected chi connectivity index (χ1v) is 7.92. The minimum Gasteiger partial charge on any atom is -0.497 e. The van der Waals surface area contributed by atoms with E-state index in [-0.39, 0.29) is 12.4 Å². The average Bonchev–Trinajstić information content (AvgIpc) is 2.82. The Kier molecular flexibility index (Phi) is 5.91. The van der Waals surface area contributed by atoms with Gasteiger partial charge in [-0.1, -0.05) is 13.0 Å². The largest absolute Gasteiger partial charge is 0.497 e. The van der Waals surface area contributed by atoms with Gasteiger partial charge in [0, 0.05) is 31.7 Å². The molecule has 2 atom stereocenters. The molecule has 3 rings (SSSR count). The Hall–Kier alpha value is -0.770. The van der Waals surface area contributed by atoms with E-state index in [1.807, 2.05) is 0 Å². The average molecular weight is 311 g/mol. The number of nitrogens with zero attached hydrogens (tertiary/aromatic N) is 1. The molecule has 3 nitrogen and oxygen atoms in total. The van der Waals surface area contributed by atoms with Gasteiger partial charge in [0.15, 0.2) is 0 Å². The molecule has 118 valence electrons. The Morgan fingerprint density at radius 2 is 2.00 bits per heavy atom. The number of likely N-dealkylation sites (tertiary alicyclic amines) is 1. The first-order valence-electron chi connectivity index (χ1n) is 7.92. The van der Waals surface area contributed by atoms with Crippen LogP contribution in [0.15, 0.2) is 18.2 Å². The highest BCUT2D eigenvalue weighted by atomic mass is 35.5. The third-order valence-electron chi connectivity index (χ3n) is 4.80. The molecule has 2 bridgehead atoms. The Labute approximate surface area is 134 Å². The lowest BCUT2D eigenvalue weighted by Crippen LogP contribution is -2.35. The summed E-state index contributed by atoms with van der Waals surface area (Å²) in [4.78, 5) is 2.62. The first-order chi connectivity index (χ1) is 9.78. The van der Waals surface area contributed by atoms with Gasteiger partial charge >= 0.3 is 0 Å². The molecule has 0 aliphatic carbocycles. The number of methoxy groups -OCH3 is 1. The second-order valence-corrected chi connectivity index (χ2v) is 6.15. The molecule has 2 unspecified atom stereocenters. The standard InChI is InChI=1S/C17H26N2O.ClH/c1-3-13-10-17(20-2)7-4-14(13)11-19-9-8-15-5-6-16(12-19)18-15;/h4,7,10,15-16,18H,3,5-6,8-9,11-12H2,1-2H3;1H. The second kappa shape index (κ2) is 7.48. The first kappa shape index (κ1) is 16.6. The fourth-order valence-corrected chi connectivity index (χ4v) is 3.61. The van der Waals surface area contributed by atoms with Crippen LogP contribution < -0.4 is 10.1 Å². The van der Waals surface area contributed by atoms with E-state index in [4.69, 9.17) is 4.74 Å². The van der Waals surface area contributed by atoms with E-state index in [0.29, 0.717) is 6.04 Å². The number of aryl methyl sites for hydroxylation is 1. The van der Waals surface area contributed by atoms with E-state index < -0.39 is 0 Å². The van der Waals surface area contributed by atoms with Crippen LogP contribution in [0.3, 0.4) is 0 Å². The van der Waals surface area contributed by atoms with Crippen molar-refractivity contribution in [2.24, 2.45) is 0 Å². The molecule has 0 aromatic heterocycles. The molecular weight excluding hydrogens is 284 g/mol. The number of hydrogen-bond acceptors (Lipinski definition) is 3. The van der Waals surface area contributed by atoms with Gasteiger partial charge in [-0.2, -0.15) is 0 Å². The van der Waals surface area contributed by atoms with Gasteiger partial charge in [0.2, 0.25) is 0 Å². The highest BCUT2D eigenvalue weighted by Crippen LogP contribution is 2.24. The van der Waals surface area contributed by atoms with Crippen molar-refractivity contribution in [3.63, 3.8) is 0 Å². The molecule has 2 saturated heterocycles. The Balaban J connectivity index is 0.00000161. The van der Waals surface area contributed by atoms with Gasteiger partial charge in [-0.25, -0.2) is 0 Å². The lowest BCUT2D eigenvalue weighted by atomic mass is 10.0. The molecule has 0 radical (unpaired) electrons. The topological polar surface area (TPSA) is 24.5 Å². The molecule has 2 fully saturated rings. The van der Waals surface area contributed by atoms with Crippen molar-refractivity contribution in [2.75, 3.05) is 20.2 Å². The van der Waals surface area contributed by atoms with Crippen molar-refractivity contribution < 1.29 is 4.74 Å². The molecule has 0 spiro atoms. The van der Waals surface area contributed by atoms with Crippen molar-refractivity contribution in [1.29, 1.82) is 0 Å². The molecule has 1 aromatic carbocycles. The lowest BCUT2D eigenvalue weighted by Gasteiger charge is -2.25. The Bertz CT molecular complexity index is 466. The zero-order valence-electron chi connectivity index (χ0n) is 13.1. The highest BCUT2D eigenvalue weighted by molar-refractivity contribution is 5.85. The zero-order chi connectivity index (χ0) is 13.9. The molecule has 1 aromatic rings. The Morgan fingerprint density at radius 3 is 2.76 bits per heavy atom. The molecule has 1 N–H and O–H groups in total. The lowest BCUT2D eigenvalue weighted by molar-refractivity contribution is 0.250. The molecule has 2 heterocycles. The monoisotopic (exact) mass is 310 g/mol. The van der Waals surface area contributed by atoms with Crippen LogP contribution in [0.5, 0.6) is 5.75 Å². The van der Waals surface area contributed by atoms with E-state index in [1.165, 1.54) is 43.5 Å². The van der Waals surface area contributed by atoms with Gasteiger partial charge in [-0.15, -0.1) is 12.4 Å². The number of hydrogen-bond donors (Lipinski definition) is 1. The highest BCUT2D eigenvalue weighted by Gasteiger charge is 2.29. The minimum absolute atomic E-state index is 0. The third-order valence-corrected chi connectivity index (χ3v) is 4.80. The Morgan fingerprint density at radius 1 is 1.19 bits per heavy atom. The van der Waals surface area contributed by atoms with E-state index in [0.717, 1.165) is 24.8 Å². The predicted molar refractivity (Wildman–Crippen MR) is 89.5 cm³/mol. The van der Waals surface area contributed by atoms with Crippen molar-refractivity contribution in [3.8, 4) is 5.75 Å². The van der Waals surface area contributed by atoms with Crippen LogP contribution in [-0.4, -0.2) is 37.2 Å². The number of nitrogens with one attached hydrogen (secondary N) is 1. The van der Waals surface area contributed by atoms with Crippen LogP contribution in [0.4, 0.5) is 0 Å². The van der Waals surface area contributed by atoms with Crippen LogP contribution in [0.2, 0.25) is 0 Å². The SMILES string of the molecule is CCc1cc(OC)ccc1CN1CCC2CCC(C1)N2.Cl. The zero-order valence-corrected chi connectivity index (χ0v) is 13.9. The molecule has 0 amide bonds. The van der Waals surface area contributed by atoms with Gasteiger partial charge in [-0.05, 0) is 48.9 Å². The van der Waals surface area contributed by atoms with Gasteiger partial charge in [0.25, 0.3) is 0 Å². The van der Waals surface area contributed by atoms with E-state index in [1.54, 1.807) is 7.11 Å². The molecule has 0 saturated carbocycles. The summed E-state index contributed by atoms with van der Waals surface area (Å²) >= 11 is 0.